The quantitative estimate of drug-likeness (QED) is 0.367. The SMILES string of the molecule is CCCOc1cccc(C(O)=C2C(=O)C(=O)N(CCN(C)C)C2c2ccc(OC)cc2)c1. The molecule has 170 valence electrons. The van der Waals surface area contributed by atoms with Crippen molar-refractivity contribution < 1.29 is 24.2 Å². The molecule has 0 aromatic heterocycles. The monoisotopic (exact) mass is 438 g/mol. The Balaban J connectivity index is 2.09. The van der Waals surface area contributed by atoms with Crippen molar-refractivity contribution in [3.63, 3.8) is 0 Å². The van der Waals surface area contributed by atoms with Crippen molar-refractivity contribution in [1.82, 2.24) is 9.80 Å². The van der Waals surface area contributed by atoms with Crippen molar-refractivity contribution in [3.8, 4) is 11.5 Å². The van der Waals surface area contributed by atoms with Crippen LogP contribution in [0.5, 0.6) is 11.5 Å². The molecule has 0 saturated carbocycles. The summed E-state index contributed by atoms with van der Waals surface area (Å²) in [7, 11) is 5.38. The molecule has 7 heteroatoms. The van der Waals surface area contributed by atoms with Crippen LogP contribution >= 0.6 is 0 Å². The smallest absolute Gasteiger partial charge is 0.295 e. The number of carbonyl (C=O) groups is 2. The molecule has 3 rings (SSSR count). The van der Waals surface area contributed by atoms with Crippen LogP contribution in [0.2, 0.25) is 0 Å². The van der Waals surface area contributed by atoms with E-state index < -0.39 is 17.7 Å². The van der Waals surface area contributed by atoms with E-state index in [0.717, 1.165) is 12.0 Å². The number of nitrogens with zero attached hydrogens (tertiary/aromatic N) is 2. The van der Waals surface area contributed by atoms with Crippen LogP contribution in [0.3, 0.4) is 0 Å². The van der Waals surface area contributed by atoms with Gasteiger partial charge in [0, 0.05) is 18.7 Å². The number of hydrogen-bond acceptors (Lipinski definition) is 6. The third-order valence-electron chi connectivity index (χ3n) is 5.34. The molecular weight excluding hydrogens is 408 g/mol. The zero-order valence-electron chi connectivity index (χ0n) is 19.0. The first-order chi connectivity index (χ1) is 15.4. The molecule has 32 heavy (non-hydrogen) atoms. The predicted octanol–water partition coefficient (Wildman–Crippen LogP) is 3.47. The summed E-state index contributed by atoms with van der Waals surface area (Å²) in [5, 5.41) is 11.2. The van der Waals surface area contributed by atoms with Gasteiger partial charge in [0.05, 0.1) is 25.3 Å². The number of rotatable bonds is 9. The Morgan fingerprint density at radius 2 is 1.81 bits per heavy atom. The van der Waals surface area contributed by atoms with E-state index in [1.165, 1.54) is 4.90 Å². The van der Waals surface area contributed by atoms with Gasteiger partial charge in [-0.15, -0.1) is 0 Å². The van der Waals surface area contributed by atoms with Gasteiger partial charge in [-0.3, -0.25) is 9.59 Å². The van der Waals surface area contributed by atoms with Gasteiger partial charge in [-0.2, -0.15) is 0 Å². The van der Waals surface area contributed by atoms with Crippen molar-refractivity contribution in [2.75, 3.05) is 40.9 Å². The Morgan fingerprint density at radius 3 is 2.44 bits per heavy atom. The van der Waals surface area contributed by atoms with E-state index in [0.29, 0.717) is 36.8 Å². The number of methoxy groups -OCH3 is 1. The Kier molecular flexibility index (Phi) is 7.53. The number of ether oxygens (including phenoxy) is 2. The fourth-order valence-electron chi connectivity index (χ4n) is 3.66. The Morgan fingerprint density at radius 1 is 1.09 bits per heavy atom. The maximum atomic E-state index is 13.1. The largest absolute Gasteiger partial charge is 0.507 e. The fraction of sp³-hybridized carbons (Fsp3) is 0.360. The molecule has 1 saturated heterocycles. The first-order valence-electron chi connectivity index (χ1n) is 10.7. The lowest BCUT2D eigenvalue weighted by atomic mass is 9.95. The van der Waals surface area contributed by atoms with Crippen LogP contribution in [0.1, 0.15) is 30.5 Å². The van der Waals surface area contributed by atoms with E-state index in [1.54, 1.807) is 43.5 Å². The third-order valence-corrected chi connectivity index (χ3v) is 5.34. The number of likely N-dealkylation sites (N-methyl/N-ethyl adjacent to an activating group) is 1. The van der Waals surface area contributed by atoms with Crippen LogP contribution in [0.15, 0.2) is 54.1 Å². The lowest BCUT2D eigenvalue weighted by Crippen LogP contribution is -2.35. The minimum Gasteiger partial charge on any atom is -0.507 e. The number of amides is 1. The topological polar surface area (TPSA) is 79.3 Å². The molecule has 0 bridgehead atoms. The van der Waals surface area contributed by atoms with Crippen LogP contribution in [-0.4, -0.2) is 67.5 Å². The summed E-state index contributed by atoms with van der Waals surface area (Å²) in [5.74, 6) is -0.258. The summed E-state index contributed by atoms with van der Waals surface area (Å²) in [6.07, 6.45) is 0.852. The molecule has 0 aliphatic carbocycles. The average molecular weight is 439 g/mol. The summed E-state index contributed by atoms with van der Waals surface area (Å²) >= 11 is 0. The summed E-state index contributed by atoms with van der Waals surface area (Å²) in [6, 6.07) is 13.4. The van der Waals surface area contributed by atoms with E-state index in [2.05, 4.69) is 0 Å². The maximum Gasteiger partial charge on any atom is 0.295 e. The molecule has 1 aliphatic heterocycles. The van der Waals surface area contributed by atoms with Crippen molar-refractivity contribution >= 4 is 17.4 Å². The molecule has 1 amide bonds. The van der Waals surface area contributed by atoms with E-state index >= 15 is 0 Å². The Hall–Kier alpha value is -3.32. The lowest BCUT2D eigenvalue weighted by Gasteiger charge is -2.26. The number of hydrogen-bond donors (Lipinski definition) is 1. The second kappa shape index (κ2) is 10.3. The highest BCUT2D eigenvalue weighted by Gasteiger charge is 2.45. The van der Waals surface area contributed by atoms with Crippen LogP contribution < -0.4 is 9.47 Å². The number of aliphatic hydroxyl groups is 1. The van der Waals surface area contributed by atoms with Gasteiger partial charge in [-0.25, -0.2) is 0 Å². The van der Waals surface area contributed by atoms with Crippen LogP contribution in [-0.2, 0) is 9.59 Å². The van der Waals surface area contributed by atoms with Gasteiger partial charge >= 0.3 is 0 Å². The van der Waals surface area contributed by atoms with Crippen molar-refractivity contribution in [3.05, 3.63) is 65.2 Å². The highest BCUT2D eigenvalue weighted by atomic mass is 16.5. The van der Waals surface area contributed by atoms with Crippen LogP contribution in [0.25, 0.3) is 5.76 Å². The number of benzene rings is 2. The number of aliphatic hydroxyl groups excluding tert-OH is 1. The summed E-state index contributed by atoms with van der Waals surface area (Å²) in [6.45, 7) is 3.49. The first kappa shape index (κ1) is 23.3. The normalized spacial score (nSPS) is 17.8. The van der Waals surface area contributed by atoms with Gasteiger partial charge in [0.15, 0.2) is 0 Å². The van der Waals surface area contributed by atoms with Gasteiger partial charge in [-0.05, 0) is 50.3 Å². The van der Waals surface area contributed by atoms with Gasteiger partial charge in [0.2, 0.25) is 0 Å². The molecule has 2 aromatic carbocycles. The second-order valence-corrected chi connectivity index (χ2v) is 7.95. The van der Waals surface area contributed by atoms with Crippen LogP contribution in [0, 0.1) is 0 Å². The molecule has 1 heterocycles. The molecule has 1 aliphatic rings. The highest BCUT2D eigenvalue weighted by molar-refractivity contribution is 6.46. The molecule has 1 atom stereocenters. The molecule has 1 N–H and O–H groups in total. The third kappa shape index (κ3) is 4.94. The Bertz CT molecular complexity index is 998. The molecule has 0 radical (unpaired) electrons. The van der Waals surface area contributed by atoms with E-state index in [1.807, 2.05) is 38.1 Å². The molecule has 7 nitrogen and oxygen atoms in total. The zero-order chi connectivity index (χ0) is 23.3. The number of likely N-dealkylation sites (tertiary alicyclic amines) is 1. The summed E-state index contributed by atoms with van der Waals surface area (Å²) in [5.41, 5.74) is 1.23. The van der Waals surface area contributed by atoms with Gasteiger partial charge in [-0.1, -0.05) is 31.2 Å². The van der Waals surface area contributed by atoms with Crippen LogP contribution in [0.4, 0.5) is 0 Å². The predicted molar refractivity (Wildman–Crippen MR) is 123 cm³/mol. The zero-order valence-corrected chi connectivity index (χ0v) is 19.0. The number of Topliss-reactive ketones (excluding diaryl/α,β-unsaturated/α-hetero) is 1. The van der Waals surface area contributed by atoms with Gasteiger partial charge in [0.25, 0.3) is 11.7 Å². The molecule has 1 fully saturated rings. The number of ketones is 1. The first-order valence-corrected chi connectivity index (χ1v) is 10.7. The Labute approximate surface area is 188 Å². The van der Waals surface area contributed by atoms with Crippen molar-refractivity contribution in [1.29, 1.82) is 0 Å². The van der Waals surface area contributed by atoms with Gasteiger partial charge < -0.3 is 24.4 Å². The summed E-state index contributed by atoms with van der Waals surface area (Å²) < 4.78 is 10.9. The number of carbonyl (C=O) groups excluding carboxylic acids is 2. The second-order valence-electron chi connectivity index (χ2n) is 7.95. The fourth-order valence-corrected chi connectivity index (χ4v) is 3.66. The molecular formula is C25H30N2O5. The summed E-state index contributed by atoms with van der Waals surface area (Å²) in [4.78, 5) is 29.5. The minimum absolute atomic E-state index is 0.0755. The highest BCUT2D eigenvalue weighted by Crippen LogP contribution is 2.40. The van der Waals surface area contributed by atoms with E-state index in [9.17, 15) is 14.7 Å². The minimum atomic E-state index is -0.693. The lowest BCUT2D eigenvalue weighted by molar-refractivity contribution is -0.140. The standard InChI is InChI=1S/C25H30N2O5/c1-5-15-32-20-8-6-7-18(16-20)23(28)21-22(17-9-11-19(31-4)12-10-17)27(14-13-26(2)3)25(30)24(21)29/h6-12,16,22,28H,5,13-15H2,1-4H3. The average Bonchev–Trinajstić information content (AvgIpc) is 3.06. The van der Waals surface area contributed by atoms with Gasteiger partial charge in [0.1, 0.15) is 17.3 Å². The van der Waals surface area contributed by atoms with Crippen molar-refractivity contribution in [2.45, 2.75) is 19.4 Å². The maximum absolute atomic E-state index is 13.1. The van der Waals surface area contributed by atoms with E-state index in [4.69, 9.17) is 9.47 Å². The molecule has 0 spiro atoms. The molecule has 1 unspecified atom stereocenters. The molecule has 2 aromatic rings. The van der Waals surface area contributed by atoms with Crippen molar-refractivity contribution in [2.24, 2.45) is 0 Å². The van der Waals surface area contributed by atoms with E-state index in [-0.39, 0.29) is 11.3 Å².